The molecule has 0 radical (unpaired) electrons. The second-order valence-electron chi connectivity index (χ2n) is 5.90. The fraction of sp³-hybridized carbons (Fsp3) is 0.286. The summed E-state index contributed by atoms with van der Waals surface area (Å²) in [6.07, 6.45) is 1.73. The number of aryl methyl sites for hydroxylation is 2. The average Bonchev–Trinajstić information content (AvgIpc) is 2.61. The largest absolute Gasteiger partial charge is 0.490 e. The van der Waals surface area contributed by atoms with Crippen molar-refractivity contribution in [1.29, 1.82) is 0 Å². The highest BCUT2D eigenvalue weighted by Gasteiger charge is 2.19. The first-order valence-corrected chi connectivity index (χ1v) is 8.42. The summed E-state index contributed by atoms with van der Waals surface area (Å²) in [6, 6.07) is 13.2. The average molecular weight is 339 g/mol. The van der Waals surface area contributed by atoms with Crippen LogP contribution in [-0.2, 0) is 4.79 Å². The van der Waals surface area contributed by atoms with Crippen molar-refractivity contribution in [1.82, 2.24) is 0 Å². The normalized spacial score (nSPS) is 11.5. The fourth-order valence-electron chi connectivity index (χ4n) is 2.32. The zero-order valence-corrected chi connectivity index (χ0v) is 15.0. The summed E-state index contributed by atoms with van der Waals surface area (Å²) in [5, 5.41) is 2.89. The molecule has 0 heterocycles. The maximum absolute atomic E-state index is 12.5. The Bertz CT molecular complexity index is 722. The molecule has 0 saturated carbocycles. The SMILES string of the molecule is C=CCOc1ccc(NC(=O)[C@@H](CC)Oc2cc(C)ccc2C)cc1. The third-order valence-electron chi connectivity index (χ3n) is 3.77. The summed E-state index contributed by atoms with van der Waals surface area (Å²) in [5.74, 6) is 1.31. The van der Waals surface area contributed by atoms with Crippen LogP contribution >= 0.6 is 0 Å². The molecular formula is C21H25NO3. The van der Waals surface area contributed by atoms with Gasteiger partial charge in [0.05, 0.1) is 0 Å². The highest BCUT2D eigenvalue weighted by Crippen LogP contribution is 2.22. The van der Waals surface area contributed by atoms with E-state index in [9.17, 15) is 4.79 Å². The molecule has 1 N–H and O–H groups in total. The highest BCUT2D eigenvalue weighted by atomic mass is 16.5. The number of carbonyl (C=O) groups is 1. The first-order chi connectivity index (χ1) is 12.0. The van der Waals surface area contributed by atoms with Gasteiger partial charge in [0.15, 0.2) is 6.10 Å². The molecule has 2 aromatic rings. The summed E-state index contributed by atoms with van der Waals surface area (Å²) in [6.45, 7) is 9.97. The number of carbonyl (C=O) groups excluding carboxylic acids is 1. The zero-order valence-electron chi connectivity index (χ0n) is 15.0. The number of anilines is 1. The number of ether oxygens (including phenoxy) is 2. The third kappa shape index (κ3) is 5.38. The van der Waals surface area contributed by atoms with Gasteiger partial charge in [0.25, 0.3) is 5.91 Å². The van der Waals surface area contributed by atoms with Gasteiger partial charge in [-0.3, -0.25) is 4.79 Å². The molecule has 0 bridgehead atoms. The van der Waals surface area contributed by atoms with Crippen LogP contribution in [0.5, 0.6) is 11.5 Å². The maximum atomic E-state index is 12.5. The Morgan fingerprint density at radius 3 is 2.56 bits per heavy atom. The predicted molar refractivity (Wildman–Crippen MR) is 101 cm³/mol. The molecule has 1 atom stereocenters. The summed E-state index contributed by atoms with van der Waals surface area (Å²) in [7, 11) is 0. The highest BCUT2D eigenvalue weighted by molar-refractivity contribution is 5.94. The van der Waals surface area contributed by atoms with Crippen molar-refractivity contribution in [3.63, 3.8) is 0 Å². The topological polar surface area (TPSA) is 47.6 Å². The Hall–Kier alpha value is -2.75. The Balaban J connectivity index is 2.01. The summed E-state index contributed by atoms with van der Waals surface area (Å²) >= 11 is 0. The molecule has 0 aromatic heterocycles. The third-order valence-corrected chi connectivity index (χ3v) is 3.77. The van der Waals surface area contributed by atoms with E-state index in [4.69, 9.17) is 9.47 Å². The molecule has 0 spiro atoms. The van der Waals surface area contributed by atoms with Crippen LogP contribution in [0.25, 0.3) is 0 Å². The molecule has 25 heavy (non-hydrogen) atoms. The van der Waals surface area contributed by atoms with E-state index in [-0.39, 0.29) is 5.91 Å². The first-order valence-electron chi connectivity index (χ1n) is 8.42. The van der Waals surface area contributed by atoms with Gasteiger partial charge in [-0.15, -0.1) is 0 Å². The molecule has 0 fully saturated rings. The minimum absolute atomic E-state index is 0.164. The number of benzene rings is 2. The lowest BCUT2D eigenvalue weighted by molar-refractivity contribution is -0.122. The number of amides is 1. The summed E-state index contributed by atoms with van der Waals surface area (Å²) < 4.78 is 11.4. The summed E-state index contributed by atoms with van der Waals surface area (Å²) in [4.78, 5) is 12.5. The van der Waals surface area contributed by atoms with Crippen molar-refractivity contribution in [3.8, 4) is 11.5 Å². The lowest BCUT2D eigenvalue weighted by Crippen LogP contribution is -2.32. The van der Waals surface area contributed by atoms with E-state index in [2.05, 4.69) is 11.9 Å². The van der Waals surface area contributed by atoms with Gasteiger partial charge >= 0.3 is 0 Å². The van der Waals surface area contributed by atoms with E-state index >= 15 is 0 Å². The molecular weight excluding hydrogens is 314 g/mol. The van der Waals surface area contributed by atoms with Gasteiger partial charge < -0.3 is 14.8 Å². The lowest BCUT2D eigenvalue weighted by Gasteiger charge is -2.19. The zero-order chi connectivity index (χ0) is 18.2. The molecule has 2 rings (SSSR count). The minimum Gasteiger partial charge on any atom is -0.490 e. The van der Waals surface area contributed by atoms with Crippen LogP contribution in [-0.4, -0.2) is 18.6 Å². The quantitative estimate of drug-likeness (QED) is 0.711. The van der Waals surface area contributed by atoms with E-state index in [1.807, 2.05) is 51.1 Å². The van der Waals surface area contributed by atoms with Gasteiger partial charge in [0.1, 0.15) is 18.1 Å². The molecule has 132 valence electrons. The van der Waals surface area contributed by atoms with Crippen molar-refractivity contribution in [3.05, 3.63) is 66.2 Å². The standard InChI is InChI=1S/C21H25NO3/c1-5-13-24-18-11-9-17(10-12-18)22-21(23)19(6-2)25-20-14-15(3)7-8-16(20)4/h5,7-12,14,19H,1,6,13H2,2-4H3,(H,22,23)/t19-/m1/s1. The Labute approximate surface area is 149 Å². The van der Waals surface area contributed by atoms with Gasteiger partial charge in [0, 0.05) is 5.69 Å². The van der Waals surface area contributed by atoms with Crippen LogP contribution < -0.4 is 14.8 Å². The van der Waals surface area contributed by atoms with Crippen LogP contribution in [0.1, 0.15) is 24.5 Å². The van der Waals surface area contributed by atoms with E-state index in [1.165, 1.54) is 0 Å². The number of nitrogens with one attached hydrogen (secondary N) is 1. The van der Waals surface area contributed by atoms with Gasteiger partial charge in [-0.2, -0.15) is 0 Å². The predicted octanol–water partition coefficient (Wildman–Crippen LogP) is 4.66. The van der Waals surface area contributed by atoms with Crippen molar-refractivity contribution in [2.24, 2.45) is 0 Å². The van der Waals surface area contributed by atoms with Crippen molar-refractivity contribution >= 4 is 11.6 Å². The van der Waals surface area contributed by atoms with Gasteiger partial charge in [0.2, 0.25) is 0 Å². The van der Waals surface area contributed by atoms with Gasteiger partial charge in [-0.05, 0) is 61.7 Å². The molecule has 0 aliphatic rings. The van der Waals surface area contributed by atoms with Crippen molar-refractivity contribution in [2.45, 2.75) is 33.3 Å². The van der Waals surface area contributed by atoms with Crippen molar-refractivity contribution in [2.75, 3.05) is 11.9 Å². The van der Waals surface area contributed by atoms with Crippen LogP contribution in [0.4, 0.5) is 5.69 Å². The molecule has 0 aliphatic carbocycles. The fourth-order valence-corrected chi connectivity index (χ4v) is 2.32. The molecule has 1 amide bonds. The lowest BCUT2D eigenvalue weighted by atomic mass is 10.1. The Morgan fingerprint density at radius 2 is 1.92 bits per heavy atom. The van der Waals surface area contributed by atoms with Gasteiger partial charge in [-0.25, -0.2) is 0 Å². The minimum atomic E-state index is -0.544. The van der Waals surface area contributed by atoms with Crippen LogP contribution in [0.2, 0.25) is 0 Å². The van der Waals surface area contributed by atoms with E-state index in [1.54, 1.807) is 18.2 Å². The smallest absolute Gasteiger partial charge is 0.265 e. The number of hydrogen-bond acceptors (Lipinski definition) is 3. The van der Waals surface area contributed by atoms with Crippen LogP contribution in [0.15, 0.2) is 55.1 Å². The first kappa shape index (κ1) is 18.6. The molecule has 2 aromatic carbocycles. The van der Waals surface area contributed by atoms with Crippen LogP contribution in [0, 0.1) is 13.8 Å². The monoisotopic (exact) mass is 339 g/mol. The van der Waals surface area contributed by atoms with Gasteiger partial charge in [-0.1, -0.05) is 31.7 Å². The van der Waals surface area contributed by atoms with E-state index in [0.29, 0.717) is 18.7 Å². The Kier molecular flexibility index (Phi) is 6.63. The molecule has 0 saturated heterocycles. The Morgan fingerprint density at radius 1 is 1.20 bits per heavy atom. The molecule has 4 nitrogen and oxygen atoms in total. The molecule has 0 aliphatic heterocycles. The molecule has 4 heteroatoms. The van der Waals surface area contributed by atoms with Crippen molar-refractivity contribution < 1.29 is 14.3 Å². The second kappa shape index (κ2) is 8.92. The molecule has 0 unspecified atom stereocenters. The maximum Gasteiger partial charge on any atom is 0.265 e. The summed E-state index contributed by atoms with van der Waals surface area (Å²) in [5.41, 5.74) is 2.82. The number of rotatable bonds is 8. The van der Waals surface area contributed by atoms with E-state index < -0.39 is 6.10 Å². The number of hydrogen-bond donors (Lipinski definition) is 1. The second-order valence-corrected chi connectivity index (χ2v) is 5.90. The van der Waals surface area contributed by atoms with E-state index in [0.717, 1.165) is 22.6 Å². The van der Waals surface area contributed by atoms with Crippen LogP contribution in [0.3, 0.4) is 0 Å².